The highest BCUT2D eigenvalue weighted by Gasteiger charge is 2.09. The van der Waals surface area contributed by atoms with Gasteiger partial charge in [-0.3, -0.25) is 0 Å². The highest BCUT2D eigenvalue weighted by Crippen LogP contribution is 2.28. The van der Waals surface area contributed by atoms with Crippen LogP contribution in [0.1, 0.15) is 0 Å². The van der Waals surface area contributed by atoms with Crippen LogP contribution in [-0.4, -0.2) is 44.4 Å². The van der Waals surface area contributed by atoms with E-state index in [9.17, 15) is 0 Å². The summed E-state index contributed by atoms with van der Waals surface area (Å²) in [6, 6.07) is 13.4. The van der Waals surface area contributed by atoms with Gasteiger partial charge in [0.2, 0.25) is 5.95 Å². The number of hydrogen-bond acceptors (Lipinski definition) is 7. The highest BCUT2D eigenvalue weighted by atomic mass is 16.5. The van der Waals surface area contributed by atoms with Crippen LogP contribution in [0.3, 0.4) is 0 Å². The number of ether oxygens (including phenoxy) is 3. The Hall–Kier alpha value is -3.06. The van der Waals surface area contributed by atoms with E-state index in [-0.39, 0.29) is 0 Å². The van der Waals surface area contributed by atoms with Gasteiger partial charge in [-0.1, -0.05) is 12.1 Å². The Morgan fingerprint density at radius 3 is 2.35 bits per heavy atom. The van der Waals surface area contributed by atoms with Crippen LogP contribution in [-0.2, 0) is 4.74 Å². The summed E-state index contributed by atoms with van der Waals surface area (Å²) in [7, 11) is 4.90. The molecule has 26 heavy (non-hydrogen) atoms. The average molecular weight is 354 g/mol. The first kappa shape index (κ1) is 17.8. The van der Waals surface area contributed by atoms with E-state index < -0.39 is 0 Å². The second kappa shape index (κ2) is 8.35. The van der Waals surface area contributed by atoms with E-state index in [1.807, 2.05) is 42.5 Å². The molecule has 0 aliphatic carbocycles. The zero-order chi connectivity index (χ0) is 18.4. The van der Waals surface area contributed by atoms with E-state index in [0.29, 0.717) is 30.6 Å². The first-order chi connectivity index (χ1) is 12.7. The molecular formula is C19H22N4O3. The van der Waals surface area contributed by atoms with Crippen molar-refractivity contribution in [1.82, 2.24) is 9.97 Å². The van der Waals surface area contributed by atoms with Gasteiger partial charge in [-0.25, -0.2) is 4.98 Å². The summed E-state index contributed by atoms with van der Waals surface area (Å²) in [5.41, 5.74) is 1.62. The summed E-state index contributed by atoms with van der Waals surface area (Å²) >= 11 is 0. The second-order valence-electron chi connectivity index (χ2n) is 5.56. The van der Waals surface area contributed by atoms with Gasteiger partial charge in [0.15, 0.2) is 0 Å². The third kappa shape index (κ3) is 4.12. The third-order valence-electron chi connectivity index (χ3n) is 3.81. The molecule has 0 radical (unpaired) electrons. The molecule has 3 rings (SSSR count). The minimum absolute atomic E-state index is 0.485. The van der Waals surface area contributed by atoms with Crippen LogP contribution in [0.5, 0.6) is 11.5 Å². The molecule has 0 saturated carbocycles. The van der Waals surface area contributed by atoms with E-state index in [2.05, 4.69) is 20.6 Å². The molecule has 0 aliphatic heterocycles. The maximum atomic E-state index is 5.31. The lowest BCUT2D eigenvalue weighted by atomic mass is 10.2. The number of hydrogen-bond donors (Lipinski definition) is 2. The summed E-state index contributed by atoms with van der Waals surface area (Å²) in [5.74, 6) is 2.61. The predicted molar refractivity (Wildman–Crippen MR) is 103 cm³/mol. The number of nitrogens with one attached hydrogen (secondary N) is 2. The molecule has 1 heterocycles. The Morgan fingerprint density at radius 2 is 1.65 bits per heavy atom. The van der Waals surface area contributed by atoms with Gasteiger partial charge in [0.25, 0.3) is 0 Å². The van der Waals surface area contributed by atoms with Gasteiger partial charge in [0.1, 0.15) is 17.3 Å². The molecule has 136 valence electrons. The van der Waals surface area contributed by atoms with Gasteiger partial charge in [-0.15, -0.1) is 0 Å². The van der Waals surface area contributed by atoms with Crippen LogP contribution in [0.15, 0.2) is 42.5 Å². The number of methoxy groups -OCH3 is 3. The van der Waals surface area contributed by atoms with Crippen molar-refractivity contribution in [3.63, 3.8) is 0 Å². The maximum absolute atomic E-state index is 5.31. The fraction of sp³-hybridized carbons (Fsp3) is 0.263. The molecule has 0 unspecified atom stereocenters. The predicted octanol–water partition coefficient (Wildman–Crippen LogP) is 3.45. The lowest BCUT2D eigenvalue weighted by Gasteiger charge is -2.13. The lowest BCUT2D eigenvalue weighted by molar-refractivity contribution is 0.210. The van der Waals surface area contributed by atoms with Crippen molar-refractivity contribution < 1.29 is 14.2 Å². The minimum Gasteiger partial charge on any atom is -0.497 e. The number of anilines is 3. The van der Waals surface area contributed by atoms with E-state index in [1.54, 1.807) is 21.3 Å². The van der Waals surface area contributed by atoms with Gasteiger partial charge in [-0.05, 0) is 12.1 Å². The van der Waals surface area contributed by atoms with Crippen LogP contribution in [0.2, 0.25) is 0 Å². The summed E-state index contributed by atoms with van der Waals surface area (Å²) in [5, 5.41) is 7.47. The fourth-order valence-electron chi connectivity index (χ4n) is 2.55. The van der Waals surface area contributed by atoms with Crippen molar-refractivity contribution in [2.75, 3.05) is 45.1 Å². The Kier molecular flexibility index (Phi) is 5.70. The van der Waals surface area contributed by atoms with Gasteiger partial charge in [0.05, 0.1) is 26.3 Å². The van der Waals surface area contributed by atoms with Crippen LogP contribution >= 0.6 is 0 Å². The van der Waals surface area contributed by atoms with Crippen molar-refractivity contribution >= 4 is 28.4 Å². The average Bonchev–Trinajstić information content (AvgIpc) is 2.67. The number of para-hydroxylation sites is 1. The SMILES string of the molecule is COCCNc1nc(Nc2cc(OC)cc(OC)c2)nc2ccccc12. The molecule has 0 atom stereocenters. The van der Waals surface area contributed by atoms with Crippen molar-refractivity contribution in [1.29, 1.82) is 0 Å². The molecule has 3 aromatic rings. The largest absolute Gasteiger partial charge is 0.497 e. The number of rotatable bonds is 8. The summed E-state index contributed by atoms with van der Waals surface area (Å²) in [6.07, 6.45) is 0. The third-order valence-corrected chi connectivity index (χ3v) is 3.81. The molecule has 0 bridgehead atoms. The summed E-state index contributed by atoms with van der Waals surface area (Å²) in [4.78, 5) is 9.20. The molecule has 2 N–H and O–H groups in total. The number of benzene rings is 2. The van der Waals surface area contributed by atoms with Crippen molar-refractivity contribution in [3.8, 4) is 11.5 Å². The van der Waals surface area contributed by atoms with E-state index >= 15 is 0 Å². The van der Waals surface area contributed by atoms with Gasteiger partial charge >= 0.3 is 0 Å². The number of nitrogens with zero attached hydrogens (tertiary/aromatic N) is 2. The second-order valence-corrected chi connectivity index (χ2v) is 5.56. The summed E-state index contributed by atoms with van der Waals surface area (Å²) in [6.45, 7) is 1.25. The van der Waals surface area contributed by atoms with Gasteiger partial charge in [-0.2, -0.15) is 4.98 Å². The molecule has 0 fully saturated rings. The minimum atomic E-state index is 0.485. The normalized spacial score (nSPS) is 10.6. The number of aromatic nitrogens is 2. The molecule has 7 nitrogen and oxygen atoms in total. The molecule has 2 aromatic carbocycles. The Bertz CT molecular complexity index is 864. The Balaban J connectivity index is 1.94. The monoisotopic (exact) mass is 354 g/mol. The van der Waals surface area contributed by atoms with Gasteiger partial charge in [0, 0.05) is 42.9 Å². The van der Waals surface area contributed by atoms with Crippen LogP contribution in [0.4, 0.5) is 17.5 Å². The molecule has 7 heteroatoms. The summed E-state index contributed by atoms with van der Waals surface area (Å²) < 4.78 is 15.7. The highest BCUT2D eigenvalue weighted by molar-refractivity contribution is 5.90. The van der Waals surface area contributed by atoms with E-state index in [0.717, 1.165) is 22.4 Å². The zero-order valence-electron chi connectivity index (χ0n) is 15.1. The lowest BCUT2D eigenvalue weighted by Crippen LogP contribution is -2.10. The Labute approximate surface area is 152 Å². The topological polar surface area (TPSA) is 77.5 Å². The quantitative estimate of drug-likeness (QED) is 0.600. The smallest absolute Gasteiger partial charge is 0.229 e. The van der Waals surface area contributed by atoms with E-state index in [4.69, 9.17) is 14.2 Å². The number of fused-ring (bicyclic) bond motifs is 1. The molecule has 0 aliphatic rings. The van der Waals surface area contributed by atoms with Gasteiger partial charge < -0.3 is 24.8 Å². The Morgan fingerprint density at radius 1 is 0.923 bits per heavy atom. The maximum Gasteiger partial charge on any atom is 0.229 e. The molecule has 1 aromatic heterocycles. The molecular weight excluding hydrogens is 332 g/mol. The van der Waals surface area contributed by atoms with Crippen molar-refractivity contribution in [2.45, 2.75) is 0 Å². The zero-order valence-corrected chi connectivity index (χ0v) is 15.1. The molecule has 0 saturated heterocycles. The fourth-order valence-corrected chi connectivity index (χ4v) is 2.55. The van der Waals surface area contributed by atoms with E-state index in [1.165, 1.54) is 0 Å². The molecule has 0 spiro atoms. The van der Waals surface area contributed by atoms with Crippen molar-refractivity contribution in [2.24, 2.45) is 0 Å². The molecule has 0 amide bonds. The first-order valence-electron chi connectivity index (χ1n) is 8.23. The standard InChI is InChI=1S/C19H22N4O3/c1-24-9-8-20-18-16-6-4-5-7-17(16)22-19(23-18)21-13-10-14(25-2)12-15(11-13)26-3/h4-7,10-12H,8-9H2,1-3H3,(H2,20,21,22,23). The van der Waals surface area contributed by atoms with Crippen molar-refractivity contribution in [3.05, 3.63) is 42.5 Å². The van der Waals surface area contributed by atoms with Crippen LogP contribution in [0.25, 0.3) is 10.9 Å². The van der Waals surface area contributed by atoms with Crippen LogP contribution < -0.4 is 20.1 Å². The van der Waals surface area contributed by atoms with Crippen LogP contribution in [0, 0.1) is 0 Å². The first-order valence-corrected chi connectivity index (χ1v) is 8.23.